The molecule has 2 aliphatic heterocycles. The highest BCUT2D eigenvalue weighted by Crippen LogP contribution is 2.76. The Kier molecular flexibility index (Phi) is 15.8. The maximum absolute atomic E-state index is 14.5. The first-order valence-corrected chi connectivity index (χ1v) is 25.6. The van der Waals surface area contributed by atoms with Crippen molar-refractivity contribution in [3.05, 3.63) is 23.3 Å². The largest absolute Gasteiger partial charge is 0.479 e. The van der Waals surface area contributed by atoms with Crippen LogP contribution in [-0.2, 0) is 52.3 Å². The van der Waals surface area contributed by atoms with E-state index in [2.05, 4.69) is 19.9 Å². The van der Waals surface area contributed by atoms with Gasteiger partial charge in [0.05, 0.1) is 55.4 Å². The lowest BCUT2D eigenvalue weighted by Gasteiger charge is -2.73. The van der Waals surface area contributed by atoms with E-state index in [4.69, 9.17) is 33.2 Å². The molecule has 20 nitrogen and oxygen atoms in total. The Bertz CT molecular complexity index is 2130. The Balaban J connectivity index is 1.25. The monoisotopic (exact) mass is 1020 g/mol. The number of ether oxygens (including phenoxy) is 7. The van der Waals surface area contributed by atoms with Crippen LogP contribution in [-0.4, -0.2) is 176 Å². The molecule has 0 aromatic heterocycles. The van der Waals surface area contributed by atoms with Crippen LogP contribution >= 0.6 is 0 Å². The van der Waals surface area contributed by atoms with E-state index in [9.17, 15) is 65.1 Å². The molecule has 0 bridgehead atoms. The topological polar surface area (TPSA) is 315 Å². The average molecular weight is 1030 g/mol. The average Bonchev–Trinajstić information content (AvgIpc) is 3.33. The molecular formula is C52H80O20. The summed E-state index contributed by atoms with van der Waals surface area (Å²) >= 11 is 0. The van der Waals surface area contributed by atoms with Crippen LogP contribution in [0.4, 0.5) is 0 Å². The van der Waals surface area contributed by atoms with Crippen molar-refractivity contribution in [2.45, 2.75) is 200 Å². The number of fused-ring (bicyclic) bond motifs is 7. The SMILES string of the molecule is C/C=C(/C)C(=O)O[C@H]1[C@H](OC(=O)C(C)CC)[C@]2(CO)[C@H](O)[C@H](O)[C@]3(C)C(=CC[C@@H]4[C@@]5(C)CC[C@H](O[C@@H]6O[C@H](C(=O)O)[C@@H](O)[C@H](O[C@@H]7OC[C@H](O)[C@H](O)[C@H]7O)[C@H]6O)[C@@](C)(C(=O)OC)[C@@H]5CC[C@]43C)[C@@H]2CC1(C)C. The van der Waals surface area contributed by atoms with E-state index in [1.54, 1.807) is 33.8 Å². The van der Waals surface area contributed by atoms with Gasteiger partial charge in [0.2, 0.25) is 0 Å². The molecule has 1 unspecified atom stereocenters. The molecule has 0 aromatic carbocycles. The summed E-state index contributed by atoms with van der Waals surface area (Å²) in [6, 6.07) is 0. The number of carboxylic acids is 1. The van der Waals surface area contributed by atoms with Crippen molar-refractivity contribution in [3.8, 4) is 0 Å². The van der Waals surface area contributed by atoms with Gasteiger partial charge in [-0.15, -0.1) is 0 Å². The summed E-state index contributed by atoms with van der Waals surface area (Å²) in [7, 11) is 1.24. The molecule has 4 saturated carbocycles. The molecular weight excluding hydrogens is 945 g/mol. The Hall–Kier alpha value is -3.12. The van der Waals surface area contributed by atoms with E-state index < -0.39 is 173 Å². The molecule has 9 N–H and O–H groups in total. The number of carboxylic acid groups (broad SMARTS) is 1. The van der Waals surface area contributed by atoms with Gasteiger partial charge < -0.3 is 79.1 Å². The number of aliphatic carboxylic acids is 1. The van der Waals surface area contributed by atoms with Crippen LogP contribution in [0.5, 0.6) is 0 Å². The molecule has 0 amide bonds. The highest BCUT2D eigenvalue weighted by atomic mass is 16.7. The molecule has 2 saturated heterocycles. The maximum atomic E-state index is 14.5. The van der Waals surface area contributed by atoms with Crippen molar-refractivity contribution >= 4 is 23.9 Å². The van der Waals surface area contributed by atoms with E-state index in [1.807, 2.05) is 27.7 Å². The second kappa shape index (κ2) is 20.1. The zero-order valence-corrected chi connectivity index (χ0v) is 43.4. The molecule has 72 heavy (non-hydrogen) atoms. The van der Waals surface area contributed by atoms with Crippen LogP contribution in [0.1, 0.15) is 114 Å². The Morgan fingerprint density at radius 3 is 2.11 bits per heavy atom. The molecule has 6 fully saturated rings. The normalized spacial score (nSPS) is 48.3. The van der Waals surface area contributed by atoms with Crippen molar-refractivity contribution in [2.24, 2.45) is 56.2 Å². The van der Waals surface area contributed by atoms with Gasteiger partial charge in [-0.05, 0) is 94.3 Å². The number of hydrogen-bond acceptors (Lipinski definition) is 19. The number of aliphatic hydroxyl groups excluding tert-OH is 8. The fourth-order valence-electron chi connectivity index (χ4n) is 14.9. The number of hydrogen-bond donors (Lipinski definition) is 9. The highest BCUT2D eigenvalue weighted by Gasteiger charge is 2.77. The van der Waals surface area contributed by atoms with Gasteiger partial charge in [-0.1, -0.05) is 66.2 Å². The third-order valence-electron chi connectivity index (χ3n) is 19.8. The number of carbonyl (C=O) groups is 4. The second-order valence-corrected chi connectivity index (χ2v) is 23.6. The van der Waals surface area contributed by atoms with E-state index in [1.165, 1.54) is 7.11 Å². The standard InChI is InChI=1S/C52H80O20/c1-12-23(3)42(63)71-39-40(72-43(64)24(4)13-2)52(22-53)26(20-47(39,5)6)25-14-15-28-48(7)18-17-30(50(9,46(65)66-11)29(48)16-19-49(28,8)51(25,10)37(59)38(52)60)68-45-34(58)35(33(57)36(70-45)41(61)62)69-44-32(56)31(55)27(54)21-67-44/h12,14,24,26-40,44-45,53-60H,13,15-22H2,1-11H3,(H,61,62)/b23-12-/t24?,26-,27-,28+,29+,30-,31-,32+,33-,34+,35-,36-,37-,38+,39-,40-,44-,45+,48+,49+,50-,51-,52-/m0/s1. The second-order valence-electron chi connectivity index (χ2n) is 23.6. The van der Waals surface area contributed by atoms with Gasteiger partial charge in [-0.3, -0.25) is 9.59 Å². The van der Waals surface area contributed by atoms with Gasteiger partial charge in [0.25, 0.3) is 0 Å². The van der Waals surface area contributed by atoms with Crippen LogP contribution < -0.4 is 0 Å². The summed E-state index contributed by atoms with van der Waals surface area (Å²) in [6.07, 6.45) is -17.0. The summed E-state index contributed by atoms with van der Waals surface area (Å²) < 4.78 is 41.4. The van der Waals surface area contributed by atoms with E-state index in [-0.39, 0.29) is 18.8 Å². The third-order valence-corrected chi connectivity index (χ3v) is 19.8. The van der Waals surface area contributed by atoms with Crippen LogP contribution in [0, 0.1) is 56.2 Å². The lowest BCUT2D eigenvalue weighted by Crippen LogP contribution is -2.76. The molecule has 0 aromatic rings. The quantitative estimate of drug-likeness (QED) is 0.0441. The Morgan fingerprint density at radius 2 is 1.51 bits per heavy atom. The van der Waals surface area contributed by atoms with Crippen LogP contribution in [0.2, 0.25) is 0 Å². The minimum Gasteiger partial charge on any atom is -0.479 e. The lowest BCUT2D eigenvalue weighted by molar-refractivity contribution is -0.357. The summed E-state index contributed by atoms with van der Waals surface area (Å²) in [6.45, 7) is 17.3. The highest BCUT2D eigenvalue weighted by molar-refractivity contribution is 5.88. The number of esters is 3. The van der Waals surface area contributed by atoms with E-state index in [0.717, 1.165) is 5.57 Å². The first kappa shape index (κ1) is 56.6. The van der Waals surface area contributed by atoms with Gasteiger partial charge in [0.1, 0.15) is 42.7 Å². The predicted octanol–water partition coefficient (Wildman–Crippen LogP) is 1.67. The van der Waals surface area contributed by atoms with E-state index >= 15 is 0 Å². The van der Waals surface area contributed by atoms with Crippen molar-refractivity contribution in [2.75, 3.05) is 20.3 Å². The maximum Gasteiger partial charge on any atom is 0.335 e. The molecule has 7 aliphatic rings. The minimum atomic E-state index is -2.03. The zero-order chi connectivity index (χ0) is 53.6. The van der Waals surface area contributed by atoms with Gasteiger partial charge in [-0.25, -0.2) is 9.59 Å². The predicted molar refractivity (Wildman–Crippen MR) is 250 cm³/mol. The molecule has 23 atom stereocenters. The fraction of sp³-hybridized carbons (Fsp3) is 0.846. The fourth-order valence-corrected chi connectivity index (χ4v) is 14.9. The zero-order valence-electron chi connectivity index (χ0n) is 43.4. The van der Waals surface area contributed by atoms with Crippen molar-refractivity contribution < 1.29 is 98.3 Å². The number of carbonyl (C=O) groups excluding carboxylic acids is 3. The first-order valence-electron chi connectivity index (χ1n) is 25.6. The molecule has 408 valence electrons. The van der Waals surface area contributed by atoms with Crippen molar-refractivity contribution in [1.29, 1.82) is 0 Å². The summed E-state index contributed by atoms with van der Waals surface area (Å²) in [5.74, 6) is -5.53. The summed E-state index contributed by atoms with van der Waals surface area (Å²) in [5.41, 5.74) is -5.64. The minimum absolute atomic E-state index is 0.150. The number of rotatable bonds is 12. The summed E-state index contributed by atoms with van der Waals surface area (Å²) in [5, 5.41) is 101. The lowest BCUT2D eigenvalue weighted by atomic mass is 9.32. The number of aliphatic hydroxyl groups is 8. The summed E-state index contributed by atoms with van der Waals surface area (Å²) in [4.78, 5) is 54.3. The van der Waals surface area contributed by atoms with Gasteiger partial charge >= 0.3 is 23.9 Å². The third kappa shape index (κ3) is 8.40. The Morgan fingerprint density at radius 1 is 0.847 bits per heavy atom. The van der Waals surface area contributed by atoms with Gasteiger partial charge in [-0.2, -0.15) is 0 Å². The van der Waals surface area contributed by atoms with E-state index in [0.29, 0.717) is 37.7 Å². The van der Waals surface area contributed by atoms with Crippen molar-refractivity contribution in [3.63, 3.8) is 0 Å². The molecule has 20 heteroatoms. The number of allylic oxidation sites excluding steroid dienone is 2. The molecule has 0 radical (unpaired) electrons. The van der Waals surface area contributed by atoms with Crippen LogP contribution in [0.3, 0.4) is 0 Å². The molecule has 5 aliphatic carbocycles. The first-order chi connectivity index (χ1) is 33.5. The van der Waals surface area contributed by atoms with Crippen molar-refractivity contribution in [1.82, 2.24) is 0 Å². The van der Waals surface area contributed by atoms with Gasteiger partial charge in [0.15, 0.2) is 24.8 Å². The molecule has 2 heterocycles. The van der Waals surface area contributed by atoms with Gasteiger partial charge in [0, 0.05) is 16.4 Å². The number of methoxy groups -OCH3 is 1. The Labute approximate surface area is 421 Å². The molecule has 7 rings (SSSR count). The van der Waals surface area contributed by atoms with Crippen LogP contribution in [0.25, 0.3) is 0 Å². The van der Waals surface area contributed by atoms with Crippen LogP contribution in [0.15, 0.2) is 23.3 Å². The molecule has 0 spiro atoms. The smallest absolute Gasteiger partial charge is 0.335 e.